The second kappa shape index (κ2) is 6.47. The Labute approximate surface area is 122 Å². The molecule has 0 radical (unpaired) electrons. The molecule has 1 aromatic carbocycles. The zero-order chi connectivity index (χ0) is 15.3. The van der Waals surface area contributed by atoms with Crippen molar-refractivity contribution in [3.05, 3.63) is 65.5 Å². The number of carbonyl (C=O) groups is 1. The Hall–Kier alpha value is -2.25. The highest BCUT2D eigenvalue weighted by atomic mass is 32.2. The lowest BCUT2D eigenvalue weighted by molar-refractivity contribution is 0.0697. The average molecular weight is 306 g/mol. The fraction of sp³-hybridized carbons (Fsp3) is 0.143. The van der Waals surface area contributed by atoms with Gasteiger partial charge in [-0.3, -0.25) is 4.98 Å². The third-order valence-electron chi connectivity index (χ3n) is 2.76. The van der Waals surface area contributed by atoms with Gasteiger partial charge in [-0.1, -0.05) is 18.2 Å². The first-order valence-electron chi connectivity index (χ1n) is 6.16. The Morgan fingerprint density at radius 2 is 1.86 bits per heavy atom. The van der Waals surface area contributed by atoms with Crippen LogP contribution in [0.5, 0.6) is 0 Å². The van der Waals surface area contributed by atoms with E-state index in [9.17, 15) is 13.2 Å². The van der Waals surface area contributed by atoms with Gasteiger partial charge in [0.15, 0.2) is 0 Å². The summed E-state index contributed by atoms with van der Waals surface area (Å²) in [6.45, 7) is 0.121. The molecular weight excluding hydrogens is 292 g/mol. The van der Waals surface area contributed by atoms with Crippen LogP contribution >= 0.6 is 0 Å². The molecule has 2 N–H and O–H groups in total. The zero-order valence-corrected chi connectivity index (χ0v) is 11.9. The van der Waals surface area contributed by atoms with E-state index in [4.69, 9.17) is 5.11 Å². The van der Waals surface area contributed by atoms with Crippen molar-refractivity contribution in [2.45, 2.75) is 12.3 Å². The molecule has 0 saturated heterocycles. The second-order valence-electron chi connectivity index (χ2n) is 4.40. The van der Waals surface area contributed by atoms with Crippen LogP contribution < -0.4 is 4.72 Å². The molecule has 110 valence electrons. The number of pyridine rings is 1. The Morgan fingerprint density at radius 3 is 2.43 bits per heavy atom. The molecule has 2 rings (SSSR count). The molecule has 0 aliphatic rings. The number of hydrogen-bond donors (Lipinski definition) is 2. The van der Waals surface area contributed by atoms with Gasteiger partial charge in [-0.05, 0) is 29.8 Å². The van der Waals surface area contributed by atoms with Gasteiger partial charge in [0.25, 0.3) is 0 Å². The first kappa shape index (κ1) is 15.1. The maximum Gasteiger partial charge on any atom is 0.335 e. The normalized spacial score (nSPS) is 11.2. The smallest absolute Gasteiger partial charge is 0.335 e. The third-order valence-corrected chi connectivity index (χ3v) is 4.05. The maximum atomic E-state index is 11.9. The first-order chi connectivity index (χ1) is 9.96. The van der Waals surface area contributed by atoms with E-state index >= 15 is 0 Å². The Kier molecular flexibility index (Phi) is 4.66. The van der Waals surface area contributed by atoms with E-state index in [1.165, 1.54) is 24.3 Å². The van der Waals surface area contributed by atoms with Gasteiger partial charge in [0, 0.05) is 6.20 Å². The first-order valence-corrected chi connectivity index (χ1v) is 7.81. The molecule has 0 atom stereocenters. The highest BCUT2D eigenvalue weighted by Crippen LogP contribution is 2.08. The van der Waals surface area contributed by atoms with E-state index < -0.39 is 16.0 Å². The number of carboxylic acid groups (broad SMARTS) is 1. The molecule has 2 aromatic rings. The molecule has 0 amide bonds. The summed E-state index contributed by atoms with van der Waals surface area (Å²) in [7, 11) is -3.50. The van der Waals surface area contributed by atoms with E-state index in [-0.39, 0.29) is 17.9 Å². The predicted molar refractivity (Wildman–Crippen MR) is 77.1 cm³/mol. The van der Waals surface area contributed by atoms with Crippen molar-refractivity contribution >= 4 is 16.0 Å². The quantitative estimate of drug-likeness (QED) is 0.841. The number of aromatic carboxylic acids is 1. The van der Waals surface area contributed by atoms with Crippen LogP contribution in [0.3, 0.4) is 0 Å². The highest BCUT2D eigenvalue weighted by molar-refractivity contribution is 7.88. The topological polar surface area (TPSA) is 96.4 Å². The Bertz CT molecular complexity index is 712. The van der Waals surface area contributed by atoms with Crippen LogP contribution in [0.15, 0.2) is 48.7 Å². The van der Waals surface area contributed by atoms with Crippen molar-refractivity contribution in [1.29, 1.82) is 0 Å². The molecule has 0 spiro atoms. The standard InChI is InChI=1S/C14H14N2O4S/c17-14(18)12-6-4-11(5-7-12)10-21(19,20)16-9-13-3-1-2-8-15-13/h1-8,16H,9-10H2,(H,17,18). The zero-order valence-electron chi connectivity index (χ0n) is 11.1. The molecule has 21 heavy (non-hydrogen) atoms. The third kappa shape index (κ3) is 4.66. The van der Waals surface area contributed by atoms with Gasteiger partial charge in [-0.15, -0.1) is 0 Å². The molecule has 0 fully saturated rings. The van der Waals surface area contributed by atoms with Crippen LogP contribution in [-0.2, 0) is 22.3 Å². The summed E-state index contributed by atoms with van der Waals surface area (Å²) in [6.07, 6.45) is 1.59. The lowest BCUT2D eigenvalue weighted by Gasteiger charge is -2.06. The molecule has 7 heteroatoms. The molecule has 0 saturated carbocycles. The van der Waals surface area contributed by atoms with E-state index in [1.54, 1.807) is 24.4 Å². The van der Waals surface area contributed by atoms with Crippen LogP contribution in [0, 0.1) is 0 Å². The number of hydrogen-bond acceptors (Lipinski definition) is 4. The number of sulfonamides is 1. The minimum atomic E-state index is -3.50. The SMILES string of the molecule is O=C(O)c1ccc(CS(=O)(=O)NCc2ccccn2)cc1. The van der Waals surface area contributed by atoms with Gasteiger partial charge in [-0.2, -0.15) is 0 Å². The molecule has 0 bridgehead atoms. The Balaban J connectivity index is 1.99. The number of benzene rings is 1. The van der Waals surface area contributed by atoms with Crippen molar-refractivity contribution in [3.8, 4) is 0 Å². The molecule has 0 aliphatic heterocycles. The average Bonchev–Trinajstić information content (AvgIpc) is 2.46. The van der Waals surface area contributed by atoms with Gasteiger partial charge < -0.3 is 5.11 Å². The summed E-state index contributed by atoms with van der Waals surface area (Å²) in [6, 6.07) is 11.0. The molecule has 0 unspecified atom stereocenters. The van der Waals surface area contributed by atoms with Crippen molar-refractivity contribution in [2.75, 3.05) is 0 Å². The number of aromatic nitrogens is 1. The van der Waals surface area contributed by atoms with Crippen LogP contribution in [0.4, 0.5) is 0 Å². The molecular formula is C14H14N2O4S. The van der Waals surface area contributed by atoms with Crippen molar-refractivity contribution in [1.82, 2.24) is 9.71 Å². The van der Waals surface area contributed by atoms with Crippen molar-refractivity contribution in [3.63, 3.8) is 0 Å². The fourth-order valence-electron chi connectivity index (χ4n) is 1.70. The van der Waals surface area contributed by atoms with Gasteiger partial charge in [0.1, 0.15) is 0 Å². The van der Waals surface area contributed by atoms with Crippen molar-refractivity contribution in [2.24, 2.45) is 0 Å². The van der Waals surface area contributed by atoms with Crippen LogP contribution in [-0.4, -0.2) is 24.5 Å². The van der Waals surface area contributed by atoms with Crippen molar-refractivity contribution < 1.29 is 18.3 Å². The summed E-state index contributed by atoms with van der Waals surface area (Å²) < 4.78 is 26.3. The lowest BCUT2D eigenvalue weighted by Crippen LogP contribution is -2.25. The molecule has 6 nitrogen and oxygen atoms in total. The van der Waals surface area contributed by atoms with Crippen LogP contribution in [0.2, 0.25) is 0 Å². The summed E-state index contributed by atoms with van der Waals surface area (Å²) in [5, 5.41) is 8.78. The summed E-state index contributed by atoms with van der Waals surface area (Å²) in [5.74, 6) is -1.25. The number of carboxylic acids is 1. The van der Waals surface area contributed by atoms with Gasteiger partial charge in [-0.25, -0.2) is 17.9 Å². The monoisotopic (exact) mass is 306 g/mol. The van der Waals surface area contributed by atoms with Gasteiger partial charge in [0.05, 0.1) is 23.6 Å². The van der Waals surface area contributed by atoms with E-state index in [1.807, 2.05) is 0 Å². The van der Waals surface area contributed by atoms with E-state index in [0.717, 1.165) is 0 Å². The van der Waals surface area contributed by atoms with Gasteiger partial charge in [0.2, 0.25) is 10.0 Å². The summed E-state index contributed by atoms with van der Waals surface area (Å²) in [5.41, 5.74) is 1.27. The van der Waals surface area contributed by atoms with E-state index in [0.29, 0.717) is 11.3 Å². The molecule has 1 aromatic heterocycles. The number of nitrogens with zero attached hydrogens (tertiary/aromatic N) is 1. The van der Waals surface area contributed by atoms with Gasteiger partial charge >= 0.3 is 5.97 Å². The van der Waals surface area contributed by atoms with Crippen LogP contribution in [0.25, 0.3) is 0 Å². The summed E-state index contributed by atoms with van der Waals surface area (Å²) >= 11 is 0. The minimum Gasteiger partial charge on any atom is -0.478 e. The van der Waals surface area contributed by atoms with Crippen LogP contribution in [0.1, 0.15) is 21.6 Å². The maximum absolute atomic E-state index is 11.9. The number of nitrogens with one attached hydrogen (secondary N) is 1. The predicted octanol–water partition coefficient (Wildman–Crippen LogP) is 1.40. The highest BCUT2D eigenvalue weighted by Gasteiger charge is 2.12. The second-order valence-corrected chi connectivity index (χ2v) is 6.21. The summed E-state index contributed by atoms with van der Waals surface area (Å²) in [4.78, 5) is 14.7. The Morgan fingerprint density at radius 1 is 1.14 bits per heavy atom. The number of rotatable bonds is 6. The molecule has 0 aliphatic carbocycles. The lowest BCUT2D eigenvalue weighted by atomic mass is 10.1. The fourth-order valence-corrected chi connectivity index (χ4v) is 2.80. The largest absolute Gasteiger partial charge is 0.478 e. The minimum absolute atomic E-state index is 0.121. The van der Waals surface area contributed by atoms with E-state index in [2.05, 4.69) is 9.71 Å². The molecule has 1 heterocycles.